The van der Waals surface area contributed by atoms with Gasteiger partial charge in [-0.3, -0.25) is 9.59 Å². The molecule has 1 N–H and O–H groups in total. The van der Waals surface area contributed by atoms with Crippen LogP contribution in [0.25, 0.3) is 0 Å². The van der Waals surface area contributed by atoms with Gasteiger partial charge in [-0.25, -0.2) is 4.79 Å². The molecule has 0 heterocycles. The summed E-state index contributed by atoms with van der Waals surface area (Å²) in [6.07, 6.45) is -0.688. The van der Waals surface area contributed by atoms with E-state index in [1.807, 2.05) is 74.5 Å². The number of nitrogens with one attached hydrogen (secondary N) is 1. The van der Waals surface area contributed by atoms with Crippen LogP contribution in [0.5, 0.6) is 0 Å². The zero-order chi connectivity index (χ0) is 22.6. The Morgan fingerprint density at radius 1 is 0.903 bits per heavy atom. The molecule has 0 fully saturated rings. The molecule has 0 bridgehead atoms. The molecule has 2 aromatic carbocycles. The molecule has 0 radical (unpaired) electrons. The van der Waals surface area contributed by atoms with Crippen LogP contribution in [0.4, 0.5) is 4.79 Å². The third-order valence-corrected chi connectivity index (χ3v) is 4.57. The Bertz CT molecular complexity index is 840. The molecular formula is C24H30N2O5. The van der Waals surface area contributed by atoms with Crippen molar-refractivity contribution in [3.8, 4) is 0 Å². The van der Waals surface area contributed by atoms with E-state index in [2.05, 4.69) is 5.32 Å². The Kier molecular flexibility index (Phi) is 9.55. The number of ether oxygens (including phenoxy) is 2. The standard InChI is InChI=1S/C24H30N2O5/c1-4-30-21(27)16-26(15-19-11-7-5-8-12-19)23(28)22(18(2)3)25-24(29)31-17-20-13-9-6-10-14-20/h5-14,18,22H,4,15-17H2,1-3H3,(H,25,29)/t22-/m0/s1. The smallest absolute Gasteiger partial charge is 0.408 e. The van der Waals surface area contributed by atoms with Gasteiger partial charge in [0.2, 0.25) is 5.91 Å². The van der Waals surface area contributed by atoms with E-state index in [1.165, 1.54) is 4.90 Å². The second kappa shape index (κ2) is 12.4. The number of carbonyl (C=O) groups excluding carboxylic acids is 3. The highest BCUT2D eigenvalue weighted by Crippen LogP contribution is 2.12. The number of rotatable bonds is 10. The number of esters is 1. The Morgan fingerprint density at radius 2 is 1.48 bits per heavy atom. The van der Waals surface area contributed by atoms with Crippen molar-refractivity contribution in [3.63, 3.8) is 0 Å². The molecule has 0 saturated heterocycles. The summed E-state index contributed by atoms with van der Waals surface area (Å²) in [5.41, 5.74) is 1.72. The Labute approximate surface area is 183 Å². The number of nitrogens with zero attached hydrogens (tertiary/aromatic N) is 1. The van der Waals surface area contributed by atoms with Gasteiger partial charge < -0.3 is 19.7 Å². The highest BCUT2D eigenvalue weighted by atomic mass is 16.5. The summed E-state index contributed by atoms with van der Waals surface area (Å²) in [5, 5.41) is 2.65. The van der Waals surface area contributed by atoms with Crippen LogP contribution in [0.2, 0.25) is 0 Å². The van der Waals surface area contributed by atoms with E-state index in [4.69, 9.17) is 9.47 Å². The quantitative estimate of drug-likeness (QED) is 0.588. The van der Waals surface area contributed by atoms with Crippen molar-refractivity contribution in [3.05, 3.63) is 71.8 Å². The van der Waals surface area contributed by atoms with Gasteiger partial charge in [0.25, 0.3) is 0 Å². The topological polar surface area (TPSA) is 84.9 Å². The average molecular weight is 427 g/mol. The molecule has 0 unspecified atom stereocenters. The summed E-state index contributed by atoms with van der Waals surface area (Å²) in [6.45, 7) is 5.71. The minimum Gasteiger partial charge on any atom is -0.465 e. The molecule has 1 atom stereocenters. The maximum absolute atomic E-state index is 13.3. The first-order chi connectivity index (χ1) is 14.9. The maximum atomic E-state index is 13.3. The van der Waals surface area contributed by atoms with Gasteiger partial charge in [0.15, 0.2) is 0 Å². The van der Waals surface area contributed by atoms with Crippen molar-refractivity contribution in [2.24, 2.45) is 5.92 Å². The van der Waals surface area contributed by atoms with Crippen molar-refractivity contribution in [1.82, 2.24) is 10.2 Å². The molecule has 2 amide bonds. The molecule has 7 nitrogen and oxygen atoms in total. The molecule has 166 valence electrons. The van der Waals surface area contributed by atoms with E-state index in [-0.39, 0.29) is 38.1 Å². The van der Waals surface area contributed by atoms with Gasteiger partial charge in [0.1, 0.15) is 19.2 Å². The fraction of sp³-hybridized carbons (Fsp3) is 0.375. The van der Waals surface area contributed by atoms with E-state index >= 15 is 0 Å². The van der Waals surface area contributed by atoms with Crippen LogP contribution in [0.1, 0.15) is 31.9 Å². The number of hydrogen-bond donors (Lipinski definition) is 1. The highest BCUT2D eigenvalue weighted by Gasteiger charge is 2.30. The molecule has 0 spiro atoms. The first kappa shape index (κ1) is 23.9. The van der Waals surface area contributed by atoms with Gasteiger partial charge in [0, 0.05) is 6.54 Å². The van der Waals surface area contributed by atoms with Crippen molar-refractivity contribution in [2.45, 2.75) is 40.0 Å². The fourth-order valence-corrected chi connectivity index (χ4v) is 2.98. The van der Waals surface area contributed by atoms with Crippen molar-refractivity contribution in [2.75, 3.05) is 13.2 Å². The number of benzene rings is 2. The second-order valence-corrected chi connectivity index (χ2v) is 7.41. The summed E-state index contributed by atoms with van der Waals surface area (Å²) in [6, 6.07) is 17.8. The second-order valence-electron chi connectivity index (χ2n) is 7.41. The third kappa shape index (κ3) is 8.12. The van der Waals surface area contributed by atoms with Crippen LogP contribution in [-0.2, 0) is 32.2 Å². The van der Waals surface area contributed by atoms with E-state index in [0.29, 0.717) is 0 Å². The molecule has 0 aliphatic carbocycles. The average Bonchev–Trinajstić information content (AvgIpc) is 2.76. The normalized spacial score (nSPS) is 11.5. The van der Waals surface area contributed by atoms with Crippen LogP contribution in [0.3, 0.4) is 0 Å². The first-order valence-corrected chi connectivity index (χ1v) is 10.4. The van der Waals surface area contributed by atoms with Crippen LogP contribution in [0.15, 0.2) is 60.7 Å². The van der Waals surface area contributed by atoms with Gasteiger partial charge in [-0.2, -0.15) is 0 Å². The van der Waals surface area contributed by atoms with Gasteiger partial charge in [0.05, 0.1) is 6.61 Å². The lowest BCUT2D eigenvalue weighted by Crippen LogP contribution is -2.52. The van der Waals surface area contributed by atoms with Crippen molar-refractivity contribution < 1.29 is 23.9 Å². The zero-order valence-corrected chi connectivity index (χ0v) is 18.2. The number of alkyl carbamates (subject to hydrolysis) is 1. The Balaban J connectivity index is 2.09. The molecule has 2 aromatic rings. The highest BCUT2D eigenvalue weighted by molar-refractivity contribution is 5.88. The van der Waals surface area contributed by atoms with Crippen molar-refractivity contribution >= 4 is 18.0 Å². The summed E-state index contributed by atoms with van der Waals surface area (Å²) in [4.78, 5) is 39.1. The summed E-state index contributed by atoms with van der Waals surface area (Å²) in [7, 11) is 0. The summed E-state index contributed by atoms with van der Waals surface area (Å²) < 4.78 is 10.3. The largest absolute Gasteiger partial charge is 0.465 e. The Hall–Kier alpha value is -3.35. The predicted octanol–water partition coefficient (Wildman–Crippen LogP) is 3.53. The van der Waals surface area contributed by atoms with Gasteiger partial charge in [-0.05, 0) is 24.0 Å². The fourth-order valence-electron chi connectivity index (χ4n) is 2.98. The van der Waals surface area contributed by atoms with Gasteiger partial charge in [-0.1, -0.05) is 74.5 Å². The van der Waals surface area contributed by atoms with Crippen LogP contribution < -0.4 is 5.32 Å². The van der Waals surface area contributed by atoms with Gasteiger partial charge in [-0.15, -0.1) is 0 Å². The molecule has 2 rings (SSSR count). The number of hydrogen-bond acceptors (Lipinski definition) is 5. The van der Waals surface area contributed by atoms with Crippen LogP contribution in [-0.4, -0.2) is 42.1 Å². The maximum Gasteiger partial charge on any atom is 0.408 e. The molecule has 0 aliphatic rings. The van der Waals surface area contributed by atoms with E-state index in [0.717, 1.165) is 11.1 Å². The zero-order valence-electron chi connectivity index (χ0n) is 18.2. The molecular weight excluding hydrogens is 396 g/mol. The van der Waals surface area contributed by atoms with E-state index < -0.39 is 18.1 Å². The minimum absolute atomic E-state index is 0.0994. The minimum atomic E-state index is -0.846. The van der Waals surface area contributed by atoms with E-state index in [1.54, 1.807) is 6.92 Å². The number of carbonyl (C=O) groups is 3. The van der Waals surface area contributed by atoms with E-state index in [9.17, 15) is 14.4 Å². The monoisotopic (exact) mass is 426 g/mol. The van der Waals surface area contributed by atoms with Crippen LogP contribution in [0, 0.1) is 5.92 Å². The summed E-state index contributed by atoms with van der Waals surface area (Å²) >= 11 is 0. The Morgan fingerprint density at radius 3 is 2.03 bits per heavy atom. The molecule has 7 heteroatoms. The summed E-state index contributed by atoms with van der Waals surface area (Å²) in [5.74, 6) is -1.08. The molecule has 0 aromatic heterocycles. The van der Waals surface area contributed by atoms with Crippen LogP contribution >= 0.6 is 0 Å². The third-order valence-electron chi connectivity index (χ3n) is 4.57. The number of amides is 2. The SMILES string of the molecule is CCOC(=O)CN(Cc1ccccc1)C(=O)[C@@H](NC(=O)OCc1ccccc1)C(C)C. The van der Waals surface area contributed by atoms with Crippen molar-refractivity contribution in [1.29, 1.82) is 0 Å². The lowest BCUT2D eigenvalue weighted by atomic mass is 10.0. The van der Waals surface area contributed by atoms with Gasteiger partial charge >= 0.3 is 12.1 Å². The lowest BCUT2D eigenvalue weighted by molar-refractivity contribution is -0.150. The molecule has 0 aliphatic heterocycles. The predicted molar refractivity (Wildman–Crippen MR) is 117 cm³/mol. The molecule has 31 heavy (non-hydrogen) atoms. The molecule has 0 saturated carbocycles. The lowest BCUT2D eigenvalue weighted by Gasteiger charge is -2.29. The first-order valence-electron chi connectivity index (χ1n) is 10.4.